The molecule has 0 radical (unpaired) electrons. The van der Waals surface area contributed by atoms with Crippen LogP contribution in [-0.2, 0) is 19.3 Å². The molecule has 0 bridgehead atoms. The minimum Gasteiger partial charge on any atom is -0.455 e. The van der Waals surface area contributed by atoms with Crippen LogP contribution in [0.3, 0.4) is 0 Å². The lowest BCUT2D eigenvalue weighted by Crippen LogP contribution is -2.42. The van der Waals surface area contributed by atoms with Gasteiger partial charge in [-0.3, -0.25) is 0 Å². The van der Waals surface area contributed by atoms with Gasteiger partial charge in [-0.05, 0) is 50.9 Å². The van der Waals surface area contributed by atoms with Crippen LogP contribution in [0, 0.1) is 11.3 Å². The molecule has 0 spiro atoms. The first-order chi connectivity index (χ1) is 12.1. The van der Waals surface area contributed by atoms with Gasteiger partial charge in [0.05, 0.1) is 0 Å². The number of ether oxygens (including phenoxy) is 1. The number of rotatable bonds is 10. The zero-order chi connectivity index (χ0) is 19.3. The first kappa shape index (κ1) is 21.7. The molecule has 0 aromatic heterocycles. The second-order valence-electron chi connectivity index (χ2n) is 10.1. The van der Waals surface area contributed by atoms with Crippen molar-refractivity contribution < 1.29 is 19.3 Å². The summed E-state index contributed by atoms with van der Waals surface area (Å²) in [6.07, 6.45) is 13.7. The van der Waals surface area contributed by atoms with Crippen molar-refractivity contribution in [2.24, 2.45) is 11.3 Å². The Morgan fingerprint density at radius 1 is 0.923 bits per heavy atom. The number of hydrogen-bond donors (Lipinski definition) is 0. The number of unbranched alkanes of at least 4 members (excludes halogenated alkanes) is 4. The van der Waals surface area contributed by atoms with Crippen LogP contribution in [0.5, 0.6) is 0 Å². The third kappa shape index (κ3) is 6.84. The summed E-state index contributed by atoms with van der Waals surface area (Å²) in [5.74, 6) is -1.00. The topological polar surface area (TPSA) is 51.4 Å². The quantitative estimate of drug-likeness (QED) is 0.196. The lowest BCUT2D eigenvalue weighted by Gasteiger charge is -2.36. The predicted molar refractivity (Wildman–Crippen MR) is 103 cm³/mol. The van der Waals surface area contributed by atoms with Gasteiger partial charge in [-0.15, -0.1) is 0 Å². The van der Waals surface area contributed by atoms with Crippen molar-refractivity contribution in [2.75, 3.05) is 0 Å². The SMILES string of the molecule is CC(C)(C)CCCCCCCC1(C(=O)OC(C)(C)C2CCCCC2)OO1. The van der Waals surface area contributed by atoms with Gasteiger partial charge in [-0.1, -0.05) is 65.7 Å². The molecule has 2 rings (SSSR count). The molecule has 0 aromatic carbocycles. The highest BCUT2D eigenvalue weighted by atomic mass is 17.4. The maximum absolute atomic E-state index is 12.6. The molecular formula is C22H40O4. The van der Waals surface area contributed by atoms with Gasteiger partial charge in [0.2, 0.25) is 0 Å². The van der Waals surface area contributed by atoms with Crippen molar-refractivity contribution in [3.05, 3.63) is 0 Å². The highest BCUT2D eigenvalue weighted by Crippen LogP contribution is 2.41. The monoisotopic (exact) mass is 368 g/mol. The molecule has 0 atom stereocenters. The van der Waals surface area contributed by atoms with Gasteiger partial charge < -0.3 is 4.74 Å². The Balaban J connectivity index is 1.65. The lowest BCUT2D eigenvalue weighted by molar-refractivity contribution is -0.171. The van der Waals surface area contributed by atoms with Gasteiger partial charge in [-0.25, -0.2) is 4.79 Å². The molecule has 152 valence electrons. The number of carbonyl (C=O) groups is 1. The van der Waals surface area contributed by atoms with E-state index in [1.807, 2.05) is 13.8 Å². The molecule has 2 fully saturated rings. The minimum atomic E-state index is -1.11. The Morgan fingerprint density at radius 2 is 1.50 bits per heavy atom. The van der Waals surface area contributed by atoms with Crippen LogP contribution in [0.2, 0.25) is 0 Å². The second kappa shape index (κ2) is 9.05. The van der Waals surface area contributed by atoms with Gasteiger partial charge >= 0.3 is 11.8 Å². The van der Waals surface area contributed by atoms with Crippen molar-refractivity contribution in [1.82, 2.24) is 0 Å². The van der Waals surface area contributed by atoms with Gasteiger partial charge in [0.1, 0.15) is 5.60 Å². The van der Waals surface area contributed by atoms with Gasteiger partial charge in [0.25, 0.3) is 0 Å². The fraction of sp³-hybridized carbons (Fsp3) is 0.955. The maximum atomic E-state index is 12.6. The Morgan fingerprint density at radius 3 is 2.08 bits per heavy atom. The van der Waals surface area contributed by atoms with Crippen LogP contribution in [0.25, 0.3) is 0 Å². The summed E-state index contributed by atoms with van der Waals surface area (Å²) in [4.78, 5) is 22.8. The standard InChI is InChI=1S/C22H40O4/c1-20(2,3)16-12-7-6-8-13-17-22(25-26-22)19(23)24-21(4,5)18-14-10-9-11-15-18/h18H,6-17H2,1-5H3. The first-order valence-corrected chi connectivity index (χ1v) is 10.7. The largest absolute Gasteiger partial charge is 0.455 e. The highest BCUT2D eigenvalue weighted by molar-refractivity contribution is 5.79. The zero-order valence-corrected chi connectivity index (χ0v) is 17.7. The van der Waals surface area contributed by atoms with Crippen LogP contribution >= 0.6 is 0 Å². The third-order valence-electron chi connectivity index (χ3n) is 5.97. The van der Waals surface area contributed by atoms with Crippen molar-refractivity contribution in [1.29, 1.82) is 0 Å². The first-order valence-electron chi connectivity index (χ1n) is 10.7. The summed E-state index contributed by atoms with van der Waals surface area (Å²) >= 11 is 0. The molecule has 4 heteroatoms. The molecule has 1 saturated heterocycles. The fourth-order valence-electron chi connectivity index (χ4n) is 4.04. The second-order valence-corrected chi connectivity index (χ2v) is 10.1. The van der Waals surface area contributed by atoms with E-state index in [1.165, 1.54) is 44.9 Å². The van der Waals surface area contributed by atoms with Crippen molar-refractivity contribution in [2.45, 2.75) is 123 Å². The molecule has 26 heavy (non-hydrogen) atoms. The van der Waals surface area contributed by atoms with E-state index >= 15 is 0 Å². The zero-order valence-electron chi connectivity index (χ0n) is 17.7. The van der Waals surface area contributed by atoms with E-state index in [0.717, 1.165) is 25.7 Å². The summed E-state index contributed by atoms with van der Waals surface area (Å²) in [6, 6.07) is 0. The molecule has 0 unspecified atom stereocenters. The highest BCUT2D eigenvalue weighted by Gasteiger charge is 2.59. The Labute approximate surface area is 160 Å². The number of hydrogen-bond acceptors (Lipinski definition) is 4. The fourth-order valence-corrected chi connectivity index (χ4v) is 4.04. The Hall–Kier alpha value is -0.610. The molecular weight excluding hydrogens is 328 g/mol. The van der Waals surface area contributed by atoms with Crippen LogP contribution in [0.4, 0.5) is 0 Å². The average Bonchev–Trinajstić information content (AvgIpc) is 3.35. The normalized spacial score (nSPS) is 20.8. The van der Waals surface area contributed by atoms with E-state index in [-0.39, 0.29) is 5.97 Å². The van der Waals surface area contributed by atoms with Crippen molar-refractivity contribution >= 4 is 5.97 Å². The van der Waals surface area contributed by atoms with E-state index < -0.39 is 11.4 Å². The van der Waals surface area contributed by atoms with Crippen molar-refractivity contribution in [3.8, 4) is 0 Å². The maximum Gasteiger partial charge on any atom is 0.373 e. The average molecular weight is 369 g/mol. The van der Waals surface area contributed by atoms with Gasteiger partial charge in [0.15, 0.2) is 0 Å². The molecule has 1 aliphatic heterocycles. The van der Waals surface area contributed by atoms with Crippen LogP contribution < -0.4 is 0 Å². The molecule has 1 saturated carbocycles. The smallest absolute Gasteiger partial charge is 0.373 e. The minimum absolute atomic E-state index is 0.333. The summed E-state index contributed by atoms with van der Waals surface area (Å²) in [6.45, 7) is 10.9. The van der Waals surface area contributed by atoms with E-state index in [2.05, 4.69) is 20.8 Å². The molecule has 1 heterocycles. The summed E-state index contributed by atoms with van der Waals surface area (Å²) in [5, 5.41) is 0. The summed E-state index contributed by atoms with van der Waals surface area (Å²) in [5.41, 5.74) is -0.0125. The van der Waals surface area contributed by atoms with Crippen LogP contribution in [0.1, 0.15) is 112 Å². The third-order valence-corrected chi connectivity index (χ3v) is 5.97. The van der Waals surface area contributed by atoms with Crippen LogP contribution in [0.15, 0.2) is 0 Å². The van der Waals surface area contributed by atoms with Gasteiger partial charge in [-0.2, -0.15) is 9.78 Å². The van der Waals surface area contributed by atoms with E-state index in [1.54, 1.807) is 0 Å². The van der Waals surface area contributed by atoms with E-state index in [0.29, 0.717) is 17.8 Å². The van der Waals surface area contributed by atoms with E-state index in [9.17, 15) is 4.79 Å². The Bertz CT molecular complexity index is 440. The number of carbonyl (C=O) groups excluding carboxylic acids is 1. The van der Waals surface area contributed by atoms with Crippen molar-refractivity contribution in [3.63, 3.8) is 0 Å². The molecule has 2 aliphatic rings. The molecule has 0 aromatic rings. The molecule has 0 amide bonds. The summed E-state index contributed by atoms with van der Waals surface area (Å²) in [7, 11) is 0. The lowest BCUT2D eigenvalue weighted by atomic mass is 9.78. The predicted octanol–water partition coefficient (Wildman–Crippen LogP) is 6.32. The van der Waals surface area contributed by atoms with Gasteiger partial charge in [0, 0.05) is 6.42 Å². The van der Waals surface area contributed by atoms with Crippen LogP contribution in [-0.4, -0.2) is 17.4 Å². The summed E-state index contributed by atoms with van der Waals surface area (Å²) < 4.78 is 5.85. The Kier molecular flexibility index (Phi) is 7.55. The molecule has 4 nitrogen and oxygen atoms in total. The molecule has 0 N–H and O–H groups in total. The molecule has 1 aliphatic carbocycles. The van der Waals surface area contributed by atoms with E-state index in [4.69, 9.17) is 14.5 Å². The number of esters is 1.